The smallest absolute Gasteiger partial charge is 0.0991 e. The van der Waals surface area contributed by atoms with E-state index in [1.54, 1.807) is 13.0 Å². The summed E-state index contributed by atoms with van der Waals surface area (Å²) in [6.07, 6.45) is 0. The number of hydrogen-bond donors (Lipinski definition) is 3. The van der Waals surface area contributed by atoms with Crippen LogP contribution in [0, 0.1) is 0 Å². The van der Waals surface area contributed by atoms with Gasteiger partial charge in [-0.15, -0.1) is 11.3 Å². The van der Waals surface area contributed by atoms with Crippen LogP contribution in [0.25, 0.3) is 0 Å². The van der Waals surface area contributed by atoms with Gasteiger partial charge in [0.2, 0.25) is 0 Å². The van der Waals surface area contributed by atoms with E-state index in [9.17, 15) is 5.11 Å². The molecule has 3 nitrogen and oxygen atoms in total. The van der Waals surface area contributed by atoms with Crippen LogP contribution in [-0.4, -0.2) is 29.0 Å². The first-order chi connectivity index (χ1) is 7.35. The lowest BCUT2D eigenvalue weighted by Crippen LogP contribution is -2.41. The van der Waals surface area contributed by atoms with E-state index in [1.165, 1.54) is 11.3 Å². The Balaban J connectivity index is 2.59. The highest BCUT2D eigenvalue weighted by molar-refractivity contribution is 7.20. The van der Waals surface area contributed by atoms with Gasteiger partial charge in [0, 0.05) is 12.6 Å². The molecule has 16 heavy (non-hydrogen) atoms. The molecular formula is C10H15Cl2NO2S. The van der Waals surface area contributed by atoms with Crippen LogP contribution in [-0.2, 0) is 0 Å². The molecule has 0 spiro atoms. The van der Waals surface area contributed by atoms with Gasteiger partial charge in [0.25, 0.3) is 0 Å². The van der Waals surface area contributed by atoms with Crippen LogP contribution in [0.2, 0.25) is 8.67 Å². The highest BCUT2D eigenvalue weighted by Crippen LogP contribution is 2.34. The van der Waals surface area contributed by atoms with Gasteiger partial charge in [-0.05, 0) is 25.5 Å². The van der Waals surface area contributed by atoms with Gasteiger partial charge >= 0.3 is 0 Å². The summed E-state index contributed by atoms with van der Waals surface area (Å²) < 4.78 is 1.29. The molecule has 0 aliphatic rings. The van der Waals surface area contributed by atoms with Crippen LogP contribution in [0.4, 0.5) is 0 Å². The molecule has 3 N–H and O–H groups in total. The number of rotatable bonds is 5. The van der Waals surface area contributed by atoms with Gasteiger partial charge in [0.05, 0.1) is 20.9 Å². The molecule has 2 atom stereocenters. The van der Waals surface area contributed by atoms with E-state index in [4.69, 9.17) is 28.3 Å². The van der Waals surface area contributed by atoms with Gasteiger partial charge in [-0.1, -0.05) is 23.2 Å². The van der Waals surface area contributed by atoms with Crippen molar-refractivity contribution in [2.24, 2.45) is 0 Å². The van der Waals surface area contributed by atoms with Gasteiger partial charge in [-0.2, -0.15) is 0 Å². The van der Waals surface area contributed by atoms with Crippen LogP contribution < -0.4 is 5.32 Å². The normalized spacial score (nSPS) is 17.1. The topological polar surface area (TPSA) is 52.5 Å². The molecular weight excluding hydrogens is 269 g/mol. The van der Waals surface area contributed by atoms with E-state index in [0.29, 0.717) is 8.67 Å². The summed E-state index contributed by atoms with van der Waals surface area (Å²) in [7, 11) is 0. The van der Waals surface area contributed by atoms with Gasteiger partial charge in [-0.3, -0.25) is 0 Å². The standard InChI is InChI=1S/C10H15Cl2NO2S/c1-6(13-4-10(2,15)5-14)7-3-8(11)16-9(7)12/h3,6,13-15H,4-5H2,1-2H3. The third kappa shape index (κ3) is 3.87. The Morgan fingerprint density at radius 3 is 2.62 bits per heavy atom. The first-order valence-corrected chi connectivity index (χ1v) is 6.44. The lowest BCUT2D eigenvalue weighted by Gasteiger charge is -2.23. The molecule has 92 valence electrons. The van der Waals surface area contributed by atoms with Crippen molar-refractivity contribution in [2.75, 3.05) is 13.2 Å². The van der Waals surface area contributed by atoms with Crippen molar-refractivity contribution in [1.82, 2.24) is 5.32 Å². The quantitative estimate of drug-likeness (QED) is 0.778. The van der Waals surface area contributed by atoms with Crippen LogP contribution >= 0.6 is 34.5 Å². The number of aliphatic hydroxyl groups is 2. The second kappa shape index (κ2) is 5.67. The summed E-state index contributed by atoms with van der Waals surface area (Å²) in [5, 5.41) is 21.6. The molecule has 0 fully saturated rings. The number of nitrogens with one attached hydrogen (secondary N) is 1. The van der Waals surface area contributed by atoms with E-state index >= 15 is 0 Å². The third-order valence-electron chi connectivity index (χ3n) is 2.28. The van der Waals surface area contributed by atoms with E-state index < -0.39 is 5.60 Å². The molecule has 6 heteroatoms. The fourth-order valence-electron chi connectivity index (χ4n) is 1.19. The average Bonchev–Trinajstić information content (AvgIpc) is 2.54. The average molecular weight is 284 g/mol. The maximum atomic E-state index is 9.62. The summed E-state index contributed by atoms with van der Waals surface area (Å²) in [6.45, 7) is 3.49. The van der Waals surface area contributed by atoms with Crippen molar-refractivity contribution in [1.29, 1.82) is 0 Å². The Morgan fingerprint density at radius 1 is 1.56 bits per heavy atom. The summed E-state index contributed by atoms with van der Waals surface area (Å²) in [6, 6.07) is 1.79. The summed E-state index contributed by atoms with van der Waals surface area (Å²) >= 11 is 13.2. The first kappa shape index (κ1) is 14.2. The van der Waals surface area contributed by atoms with E-state index in [1.807, 2.05) is 6.92 Å². The van der Waals surface area contributed by atoms with E-state index in [-0.39, 0.29) is 19.2 Å². The maximum Gasteiger partial charge on any atom is 0.0991 e. The molecule has 0 aromatic carbocycles. The molecule has 0 amide bonds. The fourth-order valence-corrected chi connectivity index (χ4v) is 2.83. The SMILES string of the molecule is CC(NCC(C)(O)CO)c1cc(Cl)sc1Cl. The molecule has 0 saturated heterocycles. The highest BCUT2D eigenvalue weighted by atomic mass is 35.5. The minimum Gasteiger partial charge on any atom is -0.393 e. The Hall–Kier alpha value is 0.160. The van der Waals surface area contributed by atoms with Crippen LogP contribution in [0.5, 0.6) is 0 Å². The summed E-state index contributed by atoms with van der Waals surface area (Å²) in [4.78, 5) is 0. The minimum absolute atomic E-state index is 0.0192. The number of thiophene rings is 1. The second-order valence-corrected chi connectivity index (χ2v) is 6.32. The van der Waals surface area contributed by atoms with Crippen molar-refractivity contribution >= 4 is 34.5 Å². The fraction of sp³-hybridized carbons (Fsp3) is 0.600. The number of hydrogen-bond acceptors (Lipinski definition) is 4. The van der Waals surface area contributed by atoms with E-state index in [0.717, 1.165) is 5.56 Å². The predicted molar refractivity (Wildman–Crippen MR) is 68.5 cm³/mol. The molecule has 0 saturated carbocycles. The van der Waals surface area contributed by atoms with Crippen molar-refractivity contribution in [3.63, 3.8) is 0 Å². The Morgan fingerprint density at radius 2 is 2.19 bits per heavy atom. The number of aliphatic hydroxyl groups excluding tert-OH is 1. The second-order valence-electron chi connectivity index (χ2n) is 4.04. The lowest BCUT2D eigenvalue weighted by atomic mass is 10.1. The zero-order valence-corrected chi connectivity index (χ0v) is 11.5. The first-order valence-electron chi connectivity index (χ1n) is 4.87. The Labute approximate surface area is 109 Å². The van der Waals surface area contributed by atoms with Crippen molar-refractivity contribution < 1.29 is 10.2 Å². The number of halogens is 2. The maximum absolute atomic E-state index is 9.62. The van der Waals surface area contributed by atoms with Gasteiger partial charge in [-0.25, -0.2) is 0 Å². The monoisotopic (exact) mass is 283 g/mol. The Kier molecular flexibility index (Phi) is 5.04. The van der Waals surface area contributed by atoms with Gasteiger partial charge in [0.1, 0.15) is 0 Å². The molecule has 0 aliphatic heterocycles. The lowest BCUT2D eigenvalue weighted by molar-refractivity contribution is 0.00107. The van der Waals surface area contributed by atoms with Gasteiger partial charge < -0.3 is 15.5 Å². The minimum atomic E-state index is -1.12. The predicted octanol–water partition coefficient (Wildman–Crippen LogP) is 2.45. The Bertz CT molecular complexity index is 355. The van der Waals surface area contributed by atoms with Crippen LogP contribution in [0.3, 0.4) is 0 Å². The molecule has 2 unspecified atom stereocenters. The highest BCUT2D eigenvalue weighted by Gasteiger charge is 2.21. The molecule has 0 aliphatic carbocycles. The molecule has 1 rings (SSSR count). The summed E-state index contributed by atoms with van der Waals surface area (Å²) in [5.41, 5.74) is -0.217. The van der Waals surface area contributed by atoms with Crippen LogP contribution in [0.1, 0.15) is 25.5 Å². The molecule has 1 heterocycles. The van der Waals surface area contributed by atoms with Crippen molar-refractivity contribution in [2.45, 2.75) is 25.5 Å². The molecule has 0 radical (unpaired) electrons. The molecule has 1 aromatic heterocycles. The summed E-state index contributed by atoms with van der Waals surface area (Å²) in [5.74, 6) is 0. The third-order valence-corrected chi connectivity index (χ3v) is 3.80. The molecule has 0 bridgehead atoms. The van der Waals surface area contributed by atoms with E-state index in [2.05, 4.69) is 5.32 Å². The van der Waals surface area contributed by atoms with Crippen LogP contribution in [0.15, 0.2) is 6.07 Å². The van der Waals surface area contributed by atoms with Gasteiger partial charge in [0.15, 0.2) is 0 Å². The largest absolute Gasteiger partial charge is 0.393 e. The van der Waals surface area contributed by atoms with Crippen molar-refractivity contribution in [3.05, 3.63) is 20.3 Å². The van der Waals surface area contributed by atoms with Crippen molar-refractivity contribution in [3.8, 4) is 0 Å². The zero-order chi connectivity index (χ0) is 12.3. The zero-order valence-electron chi connectivity index (χ0n) is 9.13. The molecule has 1 aromatic rings.